The number of alkyl carbamates (subject to hydrolysis) is 1. The summed E-state index contributed by atoms with van der Waals surface area (Å²) in [6, 6.07) is 7.00. The second-order valence-electron chi connectivity index (χ2n) is 4.83. The molecular formula is C13H19N3O3. The number of carbonyl (C=O) groups is 1. The highest BCUT2D eigenvalue weighted by molar-refractivity contribution is 5.94. The van der Waals surface area contributed by atoms with Gasteiger partial charge in [-0.05, 0) is 32.9 Å². The van der Waals surface area contributed by atoms with Gasteiger partial charge in [-0.3, -0.25) is 5.32 Å². The molecule has 19 heavy (non-hydrogen) atoms. The summed E-state index contributed by atoms with van der Waals surface area (Å²) in [5.41, 5.74) is 5.61. The summed E-state index contributed by atoms with van der Waals surface area (Å²) in [6.07, 6.45) is -0.642. The first kappa shape index (κ1) is 14.8. The Balaban J connectivity index is 2.68. The number of methoxy groups -OCH3 is 1. The lowest BCUT2D eigenvalue weighted by molar-refractivity contribution is 0.0562. The van der Waals surface area contributed by atoms with Crippen molar-refractivity contribution in [2.45, 2.75) is 26.4 Å². The summed E-state index contributed by atoms with van der Waals surface area (Å²) in [6.45, 7) is 5.30. The van der Waals surface area contributed by atoms with Crippen LogP contribution in [0.4, 0.5) is 10.5 Å². The number of carbonyl (C=O) groups excluding carboxylic acids is 1. The number of hydrogen-bond acceptors (Lipinski definition) is 4. The van der Waals surface area contributed by atoms with E-state index in [0.717, 1.165) is 0 Å². The van der Waals surface area contributed by atoms with E-state index in [9.17, 15) is 4.79 Å². The van der Waals surface area contributed by atoms with Crippen LogP contribution in [0.15, 0.2) is 29.3 Å². The molecule has 1 aromatic rings. The monoisotopic (exact) mass is 265 g/mol. The van der Waals surface area contributed by atoms with Crippen molar-refractivity contribution in [2.24, 2.45) is 10.7 Å². The van der Waals surface area contributed by atoms with E-state index in [0.29, 0.717) is 11.4 Å². The molecule has 6 heteroatoms. The number of nitrogens with two attached hydrogens (primary N) is 1. The Morgan fingerprint density at radius 1 is 1.37 bits per heavy atom. The van der Waals surface area contributed by atoms with Gasteiger partial charge in [0, 0.05) is 6.07 Å². The zero-order valence-corrected chi connectivity index (χ0v) is 11.6. The van der Waals surface area contributed by atoms with Gasteiger partial charge in [0.25, 0.3) is 0 Å². The zero-order chi connectivity index (χ0) is 14.5. The van der Waals surface area contributed by atoms with Crippen LogP contribution >= 0.6 is 0 Å². The molecule has 1 aromatic carbocycles. The van der Waals surface area contributed by atoms with Gasteiger partial charge in [0.2, 0.25) is 5.96 Å². The van der Waals surface area contributed by atoms with Gasteiger partial charge in [0.1, 0.15) is 11.4 Å². The van der Waals surface area contributed by atoms with Crippen molar-refractivity contribution in [3.63, 3.8) is 0 Å². The maximum atomic E-state index is 11.5. The van der Waals surface area contributed by atoms with Crippen LogP contribution in [0.2, 0.25) is 0 Å². The molecule has 0 aromatic heterocycles. The smallest absolute Gasteiger partial charge is 0.414 e. The van der Waals surface area contributed by atoms with Crippen molar-refractivity contribution in [1.29, 1.82) is 0 Å². The molecule has 0 saturated carbocycles. The number of amides is 1. The van der Waals surface area contributed by atoms with Crippen molar-refractivity contribution >= 4 is 17.7 Å². The van der Waals surface area contributed by atoms with Crippen LogP contribution in [0.1, 0.15) is 20.8 Å². The lowest BCUT2D eigenvalue weighted by Gasteiger charge is -2.19. The van der Waals surface area contributed by atoms with Crippen molar-refractivity contribution in [3.8, 4) is 5.75 Å². The van der Waals surface area contributed by atoms with Crippen LogP contribution in [0.3, 0.4) is 0 Å². The average Bonchev–Trinajstić information content (AvgIpc) is 2.26. The molecule has 1 amide bonds. The largest absolute Gasteiger partial charge is 0.497 e. The van der Waals surface area contributed by atoms with Crippen LogP contribution in [-0.2, 0) is 4.74 Å². The molecule has 0 heterocycles. The van der Waals surface area contributed by atoms with Crippen molar-refractivity contribution in [2.75, 3.05) is 7.11 Å². The topological polar surface area (TPSA) is 85.9 Å². The Labute approximate surface area is 112 Å². The van der Waals surface area contributed by atoms with Crippen LogP contribution in [0, 0.1) is 0 Å². The van der Waals surface area contributed by atoms with E-state index in [1.165, 1.54) is 0 Å². The van der Waals surface area contributed by atoms with E-state index in [-0.39, 0.29) is 5.96 Å². The fraction of sp³-hybridized carbons (Fsp3) is 0.385. The van der Waals surface area contributed by atoms with Gasteiger partial charge < -0.3 is 15.2 Å². The van der Waals surface area contributed by atoms with Gasteiger partial charge in [-0.1, -0.05) is 6.07 Å². The van der Waals surface area contributed by atoms with E-state index >= 15 is 0 Å². The third-order valence-electron chi connectivity index (χ3n) is 1.93. The first-order chi connectivity index (χ1) is 8.80. The van der Waals surface area contributed by atoms with Gasteiger partial charge in [-0.2, -0.15) is 0 Å². The van der Waals surface area contributed by atoms with Gasteiger partial charge in [-0.25, -0.2) is 9.79 Å². The molecule has 3 N–H and O–H groups in total. The molecule has 6 nitrogen and oxygen atoms in total. The van der Waals surface area contributed by atoms with Crippen molar-refractivity contribution < 1.29 is 14.3 Å². The quantitative estimate of drug-likeness (QED) is 0.633. The fourth-order valence-corrected chi connectivity index (χ4v) is 1.26. The maximum absolute atomic E-state index is 11.5. The normalized spacial score (nSPS) is 11.9. The second kappa shape index (κ2) is 6.08. The predicted molar refractivity (Wildman–Crippen MR) is 73.6 cm³/mol. The molecule has 0 atom stereocenters. The van der Waals surface area contributed by atoms with Crippen LogP contribution < -0.4 is 15.8 Å². The Hall–Kier alpha value is -2.24. The number of nitrogens with one attached hydrogen (secondary N) is 1. The Morgan fingerprint density at radius 3 is 2.63 bits per heavy atom. The van der Waals surface area contributed by atoms with Crippen LogP contribution in [-0.4, -0.2) is 24.8 Å². The number of guanidine groups is 1. The third-order valence-corrected chi connectivity index (χ3v) is 1.93. The van der Waals surface area contributed by atoms with E-state index in [2.05, 4.69) is 10.3 Å². The molecule has 0 unspecified atom stereocenters. The minimum absolute atomic E-state index is 0.0393. The highest BCUT2D eigenvalue weighted by Gasteiger charge is 2.16. The first-order valence-electron chi connectivity index (χ1n) is 5.78. The summed E-state index contributed by atoms with van der Waals surface area (Å²) in [5.74, 6) is 0.619. The number of ether oxygens (including phenoxy) is 2. The second-order valence-corrected chi connectivity index (χ2v) is 4.83. The van der Waals surface area contributed by atoms with Gasteiger partial charge >= 0.3 is 6.09 Å². The highest BCUT2D eigenvalue weighted by atomic mass is 16.6. The summed E-state index contributed by atoms with van der Waals surface area (Å²) < 4.78 is 10.1. The Morgan fingerprint density at radius 2 is 2.05 bits per heavy atom. The summed E-state index contributed by atoms with van der Waals surface area (Å²) in [7, 11) is 1.56. The van der Waals surface area contributed by atoms with Crippen molar-refractivity contribution in [1.82, 2.24) is 5.32 Å². The minimum atomic E-state index is -0.642. The predicted octanol–water partition coefficient (Wildman–Crippen LogP) is 2.17. The van der Waals surface area contributed by atoms with E-state index < -0.39 is 11.7 Å². The summed E-state index contributed by atoms with van der Waals surface area (Å²) in [5, 5.41) is 2.35. The van der Waals surface area contributed by atoms with Gasteiger partial charge in [0.05, 0.1) is 12.8 Å². The minimum Gasteiger partial charge on any atom is -0.497 e. The van der Waals surface area contributed by atoms with Crippen molar-refractivity contribution in [3.05, 3.63) is 24.3 Å². The molecule has 104 valence electrons. The lowest BCUT2D eigenvalue weighted by Crippen LogP contribution is -2.40. The van der Waals surface area contributed by atoms with Crippen LogP contribution in [0.5, 0.6) is 5.75 Å². The van der Waals surface area contributed by atoms with Gasteiger partial charge in [-0.15, -0.1) is 0 Å². The third kappa shape index (κ3) is 5.76. The average molecular weight is 265 g/mol. The zero-order valence-electron chi connectivity index (χ0n) is 11.6. The number of benzene rings is 1. The van der Waals surface area contributed by atoms with Crippen LogP contribution in [0.25, 0.3) is 0 Å². The Bertz CT molecular complexity index is 478. The number of rotatable bonds is 2. The molecule has 1 rings (SSSR count). The van der Waals surface area contributed by atoms with E-state index in [1.807, 2.05) is 0 Å². The van der Waals surface area contributed by atoms with E-state index in [1.54, 1.807) is 52.1 Å². The summed E-state index contributed by atoms with van der Waals surface area (Å²) in [4.78, 5) is 15.5. The molecule has 0 aliphatic rings. The molecular weight excluding hydrogens is 246 g/mol. The molecule has 0 fully saturated rings. The molecule has 0 saturated heterocycles. The van der Waals surface area contributed by atoms with Gasteiger partial charge in [0.15, 0.2) is 0 Å². The van der Waals surface area contributed by atoms with E-state index in [4.69, 9.17) is 15.2 Å². The SMILES string of the molecule is COc1cccc(N=C(N)NC(=O)OC(C)(C)C)c1. The molecule has 0 bridgehead atoms. The lowest BCUT2D eigenvalue weighted by atomic mass is 10.2. The molecule has 0 aliphatic heterocycles. The molecule has 0 spiro atoms. The summed E-state index contributed by atoms with van der Waals surface area (Å²) >= 11 is 0. The first-order valence-corrected chi connectivity index (χ1v) is 5.78. The Kier molecular flexibility index (Phi) is 4.74. The molecule has 0 aliphatic carbocycles. The highest BCUT2D eigenvalue weighted by Crippen LogP contribution is 2.19. The molecule has 0 radical (unpaired) electrons. The number of hydrogen-bond donors (Lipinski definition) is 2. The number of aliphatic imine (C=N–C) groups is 1. The number of nitrogens with zero attached hydrogens (tertiary/aromatic N) is 1. The standard InChI is InChI=1S/C13H19N3O3/c1-13(2,3)19-12(17)16-11(14)15-9-6-5-7-10(8-9)18-4/h5-8H,1-4H3,(H3,14,15,16,17). The fourth-order valence-electron chi connectivity index (χ4n) is 1.26. The maximum Gasteiger partial charge on any atom is 0.414 e.